The predicted molar refractivity (Wildman–Crippen MR) is 74.7 cm³/mol. The van der Waals surface area contributed by atoms with Gasteiger partial charge in [0.05, 0.1) is 11.3 Å². The molecule has 8 heteroatoms. The van der Waals surface area contributed by atoms with Crippen molar-refractivity contribution in [3.8, 4) is 0 Å². The van der Waals surface area contributed by atoms with Crippen molar-refractivity contribution in [3.05, 3.63) is 31.6 Å². The van der Waals surface area contributed by atoms with Gasteiger partial charge in [-0.3, -0.25) is 14.3 Å². The van der Waals surface area contributed by atoms with Crippen LogP contribution in [0.15, 0.2) is 9.59 Å². The summed E-state index contributed by atoms with van der Waals surface area (Å²) in [5.74, 6) is -0.0649. The molecule has 0 aromatic carbocycles. The van der Waals surface area contributed by atoms with E-state index in [4.69, 9.17) is 11.6 Å². The van der Waals surface area contributed by atoms with E-state index in [9.17, 15) is 18.0 Å². The second-order valence-electron chi connectivity index (χ2n) is 4.41. The highest BCUT2D eigenvalue weighted by molar-refractivity contribution is 7.90. The zero-order valence-corrected chi connectivity index (χ0v) is 12.5. The van der Waals surface area contributed by atoms with Gasteiger partial charge in [0.2, 0.25) is 0 Å². The third-order valence-electron chi connectivity index (χ3n) is 2.63. The summed E-state index contributed by atoms with van der Waals surface area (Å²) in [6.45, 7) is 1.96. The fourth-order valence-corrected chi connectivity index (χ4v) is 2.65. The number of H-pyrrole nitrogens is 1. The molecule has 0 amide bonds. The van der Waals surface area contributed by atoms with Crippen LogP contribution in [-0.4, -0.2) is 30.0 Å². The number of aromatic nitrogens is 2. The molecule has 0 aliphatic carbocycles. The normalized spacial score (nSPS) is 11.7. The third-order valence-corrected chi connectivity index (χ3v) is 3.98. The van der Waals surface area contributed by atoms with E-state index >= 15 is 0 Å². The zero-order chi connectivity index (χ0) is 14.6. The fraction of sp³-hybridized carbons (Fsp3) is 0.636. The van der Waals surface area contributed by atoms with Crippen molar-refractivity contribution in [2.24, 2.45) is 0 Å². The maximum absolute atomic E-state index is 12.1. The molecule has 1 aromatic rings. The van der Waals surface area contributed by atoms with Gasteiger partial charge in [-0.1, -0.05) is 24.9 Å². The number of hydrogen-bond acceptors (Lipinski definition) is 4. The summed E-state index contributed by atoms with van der Waals surface area (Å²) in [6.07, 6.45) is 2.53. The van der Waals surface area contributed by atoms with Crippen LogP contribution >= 0.6 is 11.6 Å². The second kappa shape index (κ2) is 6.38. The van der Waals surface area contributed by atoms with Crippen molar-refractivity contribution in [2.45, 2.75) is 32.7 Å². The molecule has 1 heterocycles. The monoisotopic (exact) mass is 308 g/mol. The van der Waals surface area contributed by atoms with Crippen LogP contribution in [-0.2, 0) is 22.8 Å². The van der Waals surface area contributed by atoms with Gasteiger partial charge in [-0.05, 0) is 12.8 Å². The lowest BCUT2D eigenvalue weighted by atomic mass is 10.2. The maximum atomic E-state index is 12.1. The minimum Gasteiger partial charge on any atom is -0.297 e. The molecule has 0 saturated carbocycles. The van der Waals surface area contributed by atoms with E-state index in [1.165, 1.54) is 0 Å². The smallest absolute Gasteiger partial charge is 0.297 e. The van der Waals surface area contributed by atoms with Gasteiger partial charge in [-0.2, -0.15) is 0 Å². The van der Waals surface area contributed by atoms with Crippen molar-refractivity contribution >= 4 is 21.4 Å². The molecule has 0 aliphatic heterocycles. The Kier molecular flexibility index (Phi) is 5.37. The van der Waals surface area contributed by atoms with E-state index in [1.54, 1.807) is 0 Å². The lowest BCUT2D eigenvalue weighted by molar-refractivity contribution is 0.578. The fourth-order valence-electron chi connectivity index (χ4n) is 1.74. The van der Waals surface area contributed by atoms with Gasteiger partial charge < -0.3 is 0 Å². The summed E-state index contributed by atoms with van der Waals surface area (Å²) in [6, 6.07) is 0. The Morgan fingerprint density at radius 1 is 1.32 bits per heavy atom. The Morgan fingerprint density at radius 3 is 2.47 bits per heavy atom. The molecular weight excluding hydrogens is 292 g/mol. The summed E-state index contributed by atoms with van der Waals surface area (Å²) < 4.78 is 23.0. The molecule has 19 heavy (non-hydrogen) atoms. The minimum absolute atomic E-state index is 0.0646. The first-order valence-electron chi connectivity index (χ1n) is 5.95. The molecule has 1 aromatic heterocycles. The molecular formula is C11H17ClN2O4S. The lowest BCUT2D eigenvalue weighted by Crippen LogP contribution is -2.37. The van der Waals surface area contributed by atoms with Crippen LogP contribution in [0.25, 0.3) is 0 Å². The molecule has 0 bridgehead atoms. The molecule has 0 saturated heterocycles. The first-order valence-corrected chi connectivity index (χ1v) is 8.39. The van der Waals surface area contributed by atoms with Crippen LogP contribution in [0.5, 0.6) is 0 Å². The van der Waals surface area contributed by atoms with Gasteiger partial charge in [0.1, 0.15) is 15.0 Å². The Bertz CT molecular complexity index is 660. The number of halogens is 1. The third kappa shape index (κ3) is 4.50. The van der Waals surface area contributed by atoms with E-state index < -0.39 is 21.1 Å². The zero-order valence-electron chi connectivity index (χ0n) is 10.9. The molecule has 108 valence electrons. The first kappa shape index (κ1) is 16.0. The Labute approximate surface area is 116 Å². The first-order chi connectivity index (χ1) is 8.76. The highest BCUT2D eigenvalue weighted by Crippen LogP contribution is 2.08. The molecule has 0 unspecified atom stereocenters. The average molecular weight is 309 g/mol. The van der Waals surface area contributed by atoms with Crippen LogP contribution < -0.4 is 11.2 Å². The van der Waals surface area contributed by atoms with E-state index in [0.29, 0.717) is 12.0 Å². The van der Waals surface area contributed by atoms with E-state index in [1.807, 2.05) is 6.92 Å². The number of rotatable bonds is 6. The van der Waals surface area contributed by atoms with E-state index in [2.05, 4.69) is 4.98 Å². The van der Waals surface area contributed by atoms with Crippen molar-refractivity contribution in [1.82, 2.24) is 9.55 Å². The number of sulfone groups is 1. The molecule has 0 atom stereocenters. The average Bonchev–Trinajstić information content (AvgIpc) is 2.27. The van der Waals surface area contributed by atoms with E-state index in [-0.39, 0.29) is 23.9 Å². The summed E-state index contributed by atoms with van der Waals surface area (Å²) in [5, 5.41) is 0.0659. The van der Waals surface area contributed by atoms with Crippen LogP contribution in [0.4, 0.5) is 0 Å². The van der Waals surface area contributed by atoms with Gasteiger partial charge in [0.25, 0.3) is 5.56 Å². The number of hydrogen-bond donors (Lipinski definition) is 1. The highest BCUT2D eigenvalue weighted by Gasteiger charge is 2.12. The van der Waals surface area contributed by atoms with Crippen LogP contribution in [0.3, 0.4) is 0 Å². The molecule has 1 rings (SSSR count). The summed E-state index contributed by atoms with van der Waals surface area (Å²) in [7, 11) is -3.10. The molecule has 6 nitrogen and oxygen atoms in total. The summed E-state index contributed by atoms with van der Waals surface area (Å²) in [5.41, 5.74) is -0.685. The van der Waals surface area contributed by atoms with Gasteiger partial charge in [-0.15, -0.1) is 0 Å². The topological polar surface area (TPSA) is 89.0 Å². The predicted octanol–water partition coefficient (Wildman–Crippen LogP) is 0.577. The molecule has 0 fully saturated rings. The maximum Gasteiger partial charge on any atom is 0.329 e. The van der Waals surface area contributed by atoms with E-state index in [0.717, 1.165) is 17.2 Å². The number of nitrogens with zero attached hydrogens (tertiary/aromatic N) is 1. The molecule has 1 N–H and O–H groups in total. The standard InChI is InChI=1S/C11H17ClN2O4S/c1-3-5-8-9(12)13-11(16)14(10(8)15)6-4-7-19(2,17)18/h3-7H2,1-2H3,(H,13,16). The van der Waals surface area contributed by atoms with Crippen molar-refractivity contribution in [2.75, 3.05) is 12.0 Å². The SMILES string of the molecule is CCCc1c(Cl)[nH]c(=O)n(CCCS(C)(=O)=O)c1=O. The summed E-state index contributed by atoms with van der Waals surface area (Å²) >= 11 is 5.83. The number of aromatic amines is 1. The van der Waals surface area contributed by atoms with Crippen molar-refractivity contribution < 1.29 is 8.42 Å². The van der Waals surface area contributed by atoms with Crippen LogP contribution in [0.2, 0.25) is 5.15 Å². The molecule has 0 aliphatic rings. The van der Waals surface area contributed by atoms with Gasteiger partial charge in [0.15, 0.2) is 0 Å². The Balaban J connectivity index is 3.04. The summed E-state index contributed by atoms with van der Waals surface area (Å²) in [4.78, 5) is 26.1. The van der Waals surface area contributed by atoms with Crippen LogP contribution in [0, 0.1) is 0 Å². The molecule has 0 spiro atoms. The lowest BCUT2D eigenvalue weighted by Gasteiger charge is -2.08. The van der Waals surface area contributed by atoms with Crippen molar-refractivity contribution in [1.29, 1.82) is 0 Å². The number of nitrogens with one attached hydrogen (secondary N) is 1. The second-order valence-corrected chi connectivity index (χ2v) is 7.05. The quantitative estimate of drug-likeness (QED) is 0.778. The van der Waals surface area contributed by atoms with Gasteiger partial charge >= 0.3 is 5.69 Å². The largest absolute Gasteiger partial charge is 0.329 e. The molecule has 0 radical (unpaired) electrons. The highest BCUT2D eigenvalue weighted by atomic mass is 35.5. The van der Waals surface area contributed by atoms with Gasteiger partial charge in [0, 0.05) is 12.8 Å². The Morgan fingerprint density at radius 2 is 1.95 bits per heavy atom. The van der Waals surface area contributed by atoms with Gasteiger partial charge in [-0.25, -0.2) is 13.2 Å². The minimum atomic E-state index is -3.10. The Hall–Kier alpha value is -1.08. The van der Waals surface area contributed by atoms with Crippen molar-refractivity contribution in [3.63, 3.8) is 0 Å². The van der Waals surface area contributed by atoms with Crippen LogP contribution in [0.1, 0.15) is 25.3 Å².